The van der Waals surface area contributed by atoms with E-state index in [0.29, 0.717) is 0 Å². The first-order chi connectivity index (χ1) is 5.77. The van der Waals surface area contributed by atoms with Crippen LogP contribution in [0.2, 0.25) is 0 Å². The van der Waals surface area contributed by atoms with Crippen LogP contribution in [0.4, 0.5) is 0 Å². The first-order valence-electron chi connectivity index (χ1n) is 2.95. The van der Waals surface area contributed by atoms with Gasteiger partial charge in [-0.15, -0.1) is 5.10 Å². The SMILES string of the molecule is ClC1=NNCN1C(Cl)(Cl)C(Cl)(Cl)Cl. The van der Waals surface area contributed by atoms with E-state index in [1.54, 1.807) is 0 Å². The molecule has 0 aromatic heterocycles. The van der Waals surface area contributed by atoms with Gasteiger partial charge < -0.3 is 0 Å². The molecule has 76 valence electrons. The van der Waals surface area contributed by atoms with Crippen LogP contribution >= 0.6 is 69.6 Å². The Bertz CT molecular complexity index is 233. The molecule has 0 aromatic rings. The average Bonchev–Trinajstić information content (AvgIpc) is 2.32. The highest BCUT2D eigenvalue weighted by molar-refractivity contribution is 6.76. The topological polar surface area (TPSA) is 27.6 Å². The van der Waals surface area contributed by atoms with Crippen LogP contribution in [-0.4, -0.2) is 25.1 Å². The van der Waals surface area contributed by atoms with Crippen LogP contribution in [0.15, 0.2) is 5.10 Å². The van der Waals surface area contributed by atoms with Crippen molar-refractivity contribution in [3.8, 4) is 0 Å². The minimum absolute atomic E-state index is 0.0383. The van der Waals surface area contributed by atoms with Crippen molar-refractivity contribution in [3.05, 3.63) is 0 Å². The van der Waals surface area contributed by atoms with Gasteiger partial charge in [0.05, 0.1) is 0 Å². The molecular weight excluding hydrogens is 303 g/mol. The Labute approximate surface area is 105 Å². The summed E-state index contributed by atoms with van der Waals surface area (Å²) in [4.78, 5) is 1.21. The third-order valence-corrected chi connectivity index (χ3v) is 3.97. The fourth-order valence-corrected chi connectivity index (χ4v) is 1.58. The van der Waals surface area contributed by atoms with E-state index in [1.165, 1.54) is 4.90 Å². The van der Waals surface area contributed by atoms with Crippen molar-refractivity contribution in [2.24, 2.45) is 5.10 Å². The van der Waals surface area contributed by atoms with Crippen LogP contribution in [0.25, 0.3) is 0 Å². The van der Waals surface area contributed by atoms with E-state index < -0.39 is 8.25 Å². The van der Waals surface area contributed by atoms with Gasteiger partial charge in [-0.1, -0.05) is 58.0 Å². The van der Waals surface area contributed by atoms with Crippen molar-refractivity contribution in [2.75, 3.05) is 6.67 Å². The molecule has 1 heterocycles. The summed E-state index contributed by atoms with van der Waals surface area (Å²) >= 11 is 33.9. The number of amidine groups is 1. The number of hydrazone groups is 1. The van der Waals surface area contributed by atoms with E-state index >= 15 is 0 Å². The van der Waals surface area contributed by atoms with E-state index in [0.717, 1.165) is 0 Å². The zero-order chi connectivity index (χ0) is 10.3. The van der Waals surface area contributed by atoms with E-state index in [-0.39, 0.29) is 12.0 Å². The second kappa shape index (κ2) is 3.87. The van der Waals surface area contributed by atoms with Crippen molar-refractivity contribution < 1.29 is 0 Å². The Morgan fingerprint density at radius 1 is 1.23 bits per heavy atom. The lowest BCUT2D eigenvalue weighted by Gasteiger charge is -2.35. The Morgan fingerprint density at radius 3 is 2.08 bits per heavy atom. The van der Waals surface area contributed by atoms with Crippen LogP contribution in [0.1, 0.15) is 0 Å². The number of halogens is 6. The molecule has 0 atom stereocenters. The van der Waals surface area contributed by atoms with E-state index in [9.17, 15) is 0 Å². The Hall–Kier alpha value is 1.01. The second-order valence-electron chi connectivity index (χ2n) is 2.16. The maximum Gasteiger partial charge on any atom is 0.241 e. The number of nitrogens with zero attached hydrogens (tertiary/aromatic N) is 2. The molecule has 1 aliphatic rings. The maximum absolute atomic E-state index is 5.80. The molecule has 1 aliphatic heterocycles. The molecule has 0 aromatic carbocycles. The highest BCUT2D eigenvalue weighted by Gasteiger charge is 2.52. The molecule has 13 heavy (non-hydrogen) atoms. The summed E-state index contributed by atoms with van der Waals surface area (Å²) < 4.78 is -3.65. The van der Waals surface area contributed by atoms with E-state index in [2.05, 4.69) is 10.5 Å². The Kier molecular flexibility index (Phi) is 3.60. The standard InChI is InChI=1S/C4H3Cl6N3/c5-2-12-11-1-13(2)4(9,10)3(6,7)8/h11H,1H2. The molecule has 1 N–H and O–H groups in total. The number of alkyl halides is 5. The van der Waals surface area contributed by atoms with E-state index in [4.69, 9.17) is 69.6 Å². The molecule has 0 radical (unpaired) electrons. The molecule has 3 nitrogen and oxygen atoms in total. The van der Waals surface area contributed by atoms with Gasteiger partial charge in [0.15, 0.2) is 0 Å². The number of nitrogens with one attached hydrogen (secondary N) is 1. The lowest BCUT2D eigenvalue weighted by Crippen LogP contribution is -2.50. The highest BCUT2D eigenvalue weighted by Crippen LogP contribution is 2.48. The van der Waals surface area contributed by atoms with Crippen LogP contribution in [0.5, 0.6) is 0 Å². The van der Waals surface area contributed by atoms with Crippen LogP contribution in [-0.2, 0) is 0 Å². The molecule has 0 unspecified atom stereocenters. The second-order valence-corrected chi connectivity index (χ2v) is 6.07. The molecule has 0 amide bonds. The molecule has 0 saturated heterocycles. The molecular formula is C4H3Cl6N3. The summed E-state index contributed by atoms with van der Waals surface area (Å²) in [6.07, 6.45) is 0. The van der Waals surface area contributed by atoms with Gasteiger partial charge >= 0.3 is 0 Å². The van der Waals surface area contributed by atoms with Crippen molar-refractivity contribution in [1.29, 1.82) is 0 Å². The molecule has 9 heteroatoms. The monoisotopic (exact) mass is 303 g/mol. The third-order valence-electron chi connectivity index (χ3n) is 1.30. The van der Waals surface area contributed by atoms with Gasteiger partial charge in [-0.3, -0.25) is 10.3 Å². The fraction of sp³-hybridized carbons (Fsp3) is 0.750. The number of hydrogen-bond acceptors (Lipinski definition) is 3. The summed E-state index contributed by atoms with van der Waals surface area (Å²) in [5.41, 5.74) is 2.54. The predicted molar refractivity (Wildman–Crippen MR) is 57.9 cm³/mol. The molecule has 0 spiro atoms. The van der Waals surface area contributed by atoms with Crippen LogP contribution < -0.4 is 5.43 Å². The minimum Gasteiger partial charge on any atom is -0.291 e. The van der Waals surface area contributed by atoms with Crippen molar-refractivity contribution >= 4 is 74.9 Å². The average molecular weight is 306 g/mol. The molecule has 0 saturated carbocycles. The summed E-state index contributed by atoms with van der Waals surface area (Å²) in [5, 5.41) is 3.65. The minimum atomic E-state index is -1.89. The fourth-order valence-electron chi connectivity index (χ4n) is 0.665. The van der Waals surface area contributed by atoms with Crippen LogP contribution in [0, 0.1) is 0 Å². The van der Waals surface area contributed by atoms with Crippen molar-refractivity contribution in [2.45, 2.75) is 8.25 Å². The lowest BCUT2D eigenvalue weighted by molar-refractivity contribution is 0.366. The normalized spacial score (nSPS) is 18.6. The van der Waals surface area contributed by atoms with E-state index in [1.807, 2.05) is 0 Å². The van der Waals surface area contributed by atoms with Gasteiger partial charge in [0, 0.05) is 0 Å². The van der Waals surface area contributed by atoms with Gasteiger partial charge in [0.2, 0.25) is 13.5 Å². The van der Waals surface area contributed by atoms with Gasteiger partial charge in [0.25, 0.3) is 0 Å². The van der Waals surface area contributed by atoms with Crippen LogP contribution in [0.3, 0.4) is 0 Å². The summed E-state index contributed by atoms with van der Waals surface area (Å²) in [5.74, 6) is 0. The molecule has 0 aliphatic carbocycles. The lowest BCUT2D eigenvalue weighted by atomic mass is 10.6. The van der Waals surface area contributed by atoms with Gasteiger partial charge in [-0.05, 0) is 11.6 Å². The predicted octanol–water partition coefficient (Wildman–Crippen LogP) is 2.86. The molecule has 0 fully saturated rings. The number of rotatable bonds is 1. The van der Waals surface area contributed by atoms with Gasteiger partial charge in [-0.2, -0.15) is 0 Å². The van der Waals surface area contributed by atoms with Crippen molar-refractivity contribution in [3.63, 3.8) is 0 Å². The third kappa shape index (κ3) is 2.33. The first kappa shape index (κ1) is 12.1. The summed E-state index contributed by atoms with van der Waals surface area (Å²) in [6, 6.07) is 0. The quantitative estimate of drug-likeness (QED) is 0.596. The van der Waals surface area contributed by atoms with Crippen molar-refractivity contribution in [1.82, 2.24) is 10.3 Å². The zero-order valence-corrected chi connectivity index (χ0v) is 10.4. The Morgan fingerprint density at radius 2 is 1.77 bits per heavy atom. The number of hydrogen-bond donors (Lipinski definition) is 1. The summed E-state index contributed by atoms with van der Waals surface area (Å²) in [7, 11) is 0. The molecule has 1 rings (SSSR count). The van der Waals surface area contributed by atoms with Gasteiger partial charge in [0.1, 0.15) is 6.67 Å². The highest BCUT2D eigenvalue weighted by atomic mass is 35.6. The zero-order valence-electron chi connectivity index (χ0n) is 5.87. The summed E-state index contributed by atoms with van der Waals surface area (Å²) in [6.45, 7) is 0.180. The maximum atomic E-state index is 5.80. The Balaban J connectivity index is 2.87. The first-order valence-corrected chi connectivity index (χ1v) is 5.22. The largest absolute Gasteiger partial charge is 0.291 e. The van der Waals surface area contributed by atoms with Gasteiger partial charge in [-0.25, -0.2) is 0 Å². The molecule has 0 bridgehead atoms. The smallest absolute Gasteiger partial charge is 0.241 e.